The molecule has 0 unspecified atom stereocenters. The molecule has 9 nitrogen and oxygen atoms in total. The first kappa shape index (κ1) is 24.6. The van der Waals surface area contributed by atoms with Crippen molar-refractivity contribution in [3.63, 3.8) is 0 Å². The van der Waals surface area contributed by atoms with Crippen LogP contribution in [-0.2, 0) is 9.53 Å². The minimum atomic E-state index is -0.593. The normalized spacial score (nSPS) is 11.1. The van der Waals surface area contributed by atoms with E-state index in [4.69, 9.17) is 4.74 Å². The molecule has 3 amide bonds. The largest absolute Gasteiger partial charge is 0.444 e. The van der Waals surface area contributed by atoms with Crippen molar-refractivity contribution in [1.29, 1.82) is 0 Å². The number of hydrogen-bond donors (Lipinski definition) is 3. The Kier molecular flexibility index (Phi) is 7.45. The number of amides is 3. The lowest BCUT2D eigenvalue weighted by Crippen LogP contribution is -2.34. The van der Waals surface area contributed by atoms with E-state index in [2.05, 4.69) is 25.9 Å². The highest BCUT2D eigenvalue weighted by Crippen LogP contribution is 2.18. The molecule has 178 valence electrons. The third-order valence-corrected chi connectivity index (χ3v) is 4.78. The van der Waals surface area contributed by atoms with Gasteiger partial charge in [-0.15, -0.1) is 0 Å². The molecule has 1 heterocycles. The molecule has 0 saturated carbocycles. The van der Waals surface area contributed by atoms with Crippen molar-refractivity contribution in [3.8, 4) is 0 Å². The minimum Gasteiger partial charge on any atom is -0.444 e. The molecule has 3 aromatic rings. The van der Waals surface area contributed by atoms with Gasteiger partial charge in [0.25, 0.3) is 5.91 Å². The predicted octanol–water partition coefficient (Wildman–Crippen LogP) is 4.35. The van der Waals surface area contributed by atoms with Gasteiger partial charge in [-0.25, -0.2) is 14.8 Å². The quantitative estimate of drug-likeness (QED) is 0.499. The Labute approximate surface area is 198 Å². The monoisotopic (exact) mass is 463 g/mol. The van der Waals surface area contributed by atoms with Crippen molar-refractivity contribution in [2.24, 2.45) is 0 Å². The fourth-order valence-electron chi connectivity index (χ4n) is 3.03. The molecule has 0 spiro atoms. The molecule has 9 heteroatoms. The van der Waals surface area contributed by atoms with Crippen LogP contribution in [0.15, 0.2) is 42.5 Å². The summed E-state index contributed by atoms with van der Waals surface area (Å²) >= 11 is 0. The van der Waals surface area contributed by atoms with Crippen molar-refractivity contribution in [2.45, 2.75) is 46.6 Å². The summed E-state index contributed by atoms with van der Waals surface area (Å²) in [6.07, 6.45) is -0.467. The molecule has 0 radical (unpaired) electrons. The second-order valence-electron chi connectivity index (χ2n) is 8.86. The van der Waals surface area contributed by atoms with Crippen molar-refractivity contribution in [2.75, 3.05) is 17.2 Å². The fraction of sp³-hybridized carbons (Fsp3) is 0.320. The van der Waals surface area contributed by atoms with Crippen LogP contribution < -0.4 is 16.0 Å². The molecule has 3 rings (SSSR count). The number of nitrogens with one attached hydrogen (secondary N) is 3. The number of rotatable bonds is 6. The zero-order chi connectivity index (χ0) is 24.9. The summed E-state index contributed by atoms with van der Waals surface area (Å²) in [7, 11) is 0. The smallest absolute Gasteiger partial charge is 0.407 e. The summed E-state index contributed by atoms with van der Waals surface area (Å²) < 4.78 is 5.12. The molecule has 3 N–H and O–H groups in total. The summed E-state index contributed by atoms with van der Waals surface area (Å²) in [6.45, 7) is 9.24. The number of nitrogens with zero attached hydrogens (tertiary/aromatic N) is 2. The van der Waals surface area contributed by atoms with Gasteiger partial charge in [0.1, 0.15) is 5.60 Å². The van der Waals surface area contributed by atoms with E-state index in [9.17, 15) is 14.4 Å². The number of ether oxygens (including phenoxy) is 1. The summed E-state index contributed by atoms with van der Waals surface area (Å²) in [5.41, 5.74) is 4.12. The molecule has 0 fully saturated rings. The highest BCUT2D eigenvalue weighted by molar-refractivity contribution is 6.06. The number of benzene rings is 2. The third-order valence-electron chi connectivity index (χ3n) is 4.78. The predicted molar refractivity (Wildman–Crippen MR) is 131 cm³/mol. The number of anilines is 2. The molecule has 2 aromatic carbocycles. The number of fused-ring (bicyclic) bond motifs is 1. The molecule has 0 atom stereocenters. The average Bonchev–Trinajstić information content (AvgIpc) is 2.74. The number of aromatic nitrogens is 2. The molecule has 0 bridgehead atoms. The summed E-state index contributed by atoms with van der Waals surface area (Å²) in [5, 5.41) is 8.12. The van der Waals surface area contributed by atoms with Crippen molar-refractivity contribution >= 4 is 40.3 Å². The number of carbonyl (C=O) groups is 3. The maximum atomic E-state index is 12.7. The molecule has 1 aromatic heterocycles. The van der Waals surface area contributed by atoms with Gasteiger partial charge in [0.2, 0.25) is 5.91 Å². The Bertz CT molecular complexity index is 1220. The summed E-state index contributed by atoms with van der Waals surface area (Å²) in [5.74, 6) is -0.525. The van der Waals surface area contributed by atoms with E-state index in [1.54, 1.807) is 63.2 Å². The lowest BCUT2D eigenvalue weighted by molar-refractivity contribution is -0.116. The van der Waals surface area contributed by atoms with Crippen molar-refractivity contribution in [1.82, 2.24) is 15.3 Å². The Morgan fingerprint density at radius 2 is 1.44 bits per heavy atom. The van der Waals surface area contributed by atoms with Gasteiger partial charge in [-0.05, 0) is 77.1 Å². The second kappa shape index (κ2) is 10.3. The Hall–Kier alpha value is -4.01. The van der Waals surface area contributed by atoms with E-state index >= 15 is 0 Å². The van der Waals surface area contributed by atoms with Crippen molar-refractivity contribution < 1.29 is 19.1 Å². The maximum Gasteiger partial charge on any atom is 0.407 e. The Balaban J connectivity index is 1.52. The van der Waals surface area contributed by atoms with Gasteiger partial charge in [-0.2, -0.15) is 0 Å². The van der Waals surface area contributed by atoms with Crippen LogP contribution in [0.1, 0.15) is 48.9 Å². The highest BCUT2D eigenvalue weighted by atomic mass is 16.6. The zero-order valence-corrected chi connectivity index (χ0v) is 20.0. The standard InChI is InChI=1S/C25H29N5O4/c1-15-16(2)28-21-14-17(6-11-20(21)27-15)23(32)30-19-9-7-18(8-10-19)29-22(31)12-13-26-24(33)34-25(3,4)5/h6-11,14H,12-13H2,1-5H3,(H,26,33)(H,29,31)(H,30,32). The first-order chi connectivity index (χ1) is 16.0. The van der Waals surface area contributed by atoms with Crippen LogP contribution in [0.5, 0.6) is 0 Å². The topological polar surface area (TPSA) is 122 Å². The summed E-state index contributed by atoms with van der Waals surface area (Å²) in [6, 6.07) is 12.0. The first-order valence-corrected chi connectivity index (χ1v) is 10.9. The van der Waals surface area contributed by atoms with E-state index in [1.165, 1.54) is 0 Å². The number of aryl methyl sites for hydroxylation is 2. The van der Waals surface area contributed by atoms with Crippen LogP contribution >= 0.6 is 0 Å². The highest BCUT2D eigenvalue weighted by Gasteiger charge is 2.16. The third kappa shape index (κ3) is 6.99. The van der Waals surface area contributed by atoms with Crippen LogP contribution in [0.4, 0.5) is 16.2 Å². The van der Waals surface area contributed by atoms with Gasteiger partial charge in [0.05, 0.1) is 22.4 Å². The Morgan fingerprint density at radius 3 is 2.06 bits per heavy atom. The van der Waals surface area contributed by atoms with Crippen LogP contribution in [0, 0.1) is 13.8 Å². The average molecular weight is 464 g/mol. The van der Waals surface area contributed by atoms with Crippen LogP contribution in [0.2, 0.25) is 0 Å². The van der Waals surface area contributed by atoms with E-state index in [0.29, 0.717) is 22.5 Å². The second-order valence-corrected chi connectivity index (χ2v) is 8.86. The lowest BCUT2D eigenvalue weighted by Gasteiger charge is -2.19. The number of carbonyl (C=O) groups excluding carboxylic acids is 3. The lowest BCUT2D eigenvalue weighted by atomic mass is 10.1. The summed E-state index contributed by atoms with van der Waals surface area (Å²) in [4.78, 5) is 45.3. The van der Waals surface area contributed by atoms with Crippen LogP contribution in [0.25, 0.3) is 11.0 Å². The van der Waals surface area contributed by atoms with Gasteiger partial charge >= 0.3 is 6.09 Å². The van der Waals surface area contributed by atoms with Gasteiger partial charge in [0.15, 0.2) is 0 Å². The minimum absolute atomic E-state index is 0.0988. The molecule has 0 aliphatic rings. The molecule has 0 saturated heterocycles. The Morgan fingerprint density at radius 1 is 0.853 bits per heavy atom. The molecule has 34 heavy (non-hydrogen) atoms. The van der Waals surface area contributed by atoms with Crippen LogP contribution in [0.3, 0.4) is 0 Å². The van der Waals surface area contributed by atoms with Gasteiger partial charge in [-0.3, -0.25) is 9.59 Å². The molecular formula is C25H29N5O4. The number of hydrogen-bond acceptors (Lipinski definition) is 6. The van der Waals surface area contributed by atoms with E-state index < -0.39 is 11.7 Å². The van der Waals surface area contributed by atoms with Crippen molar-refractivity contribution in [3.05, 3.63) is 59.4 Å². The van der Waals surface area contributed by atoms with Crippen LogP contribution in [-0.4, -0.2) is 40.0 Å². The fourth-order valence-corrected chi connectivity index (χ4v) is 3.03. The first-order valence-electron chi connectivity index (χ1n) is 10.9. The zero-order valence-electron chi connectivity index (χ0n) is 20.0. The molecule has 0 aliphatic heterocycles. The van der Waals surface area contributed by atoms with E-state index in [1.807, 2.05) is 13.8 Å². The van der Waals surface area contributed by atoms with E-state index in [0.717, 1.165) is 16.9 Å². The van der Waals surface area contributed by atoms with E-state index in [-0.39, 0.29) is 24.8 Å². The van der Waals surface area contributed by atoms with Gasteiger partial charge < -0.3 is 20.7 Å². The van der Waals surface area contributed by atoms with Gasteiger partial charge in [0, 0.05) is 29.9 Å². The number of alkyl carbamates (subject to hydrolysis) is 1. The molecule has 0 aliphatic carbocycles. The maximum absolute atomic E-state index is 12.7. The van der Waals surface area contributed by atoms with Gasteiger partial charge in [-0.1, -0.05) is 0 Å². The molecular weight excluding hydrogens is 434 g/mol. The SMILES string of the molecule is Cc1nc2ccc(C(=O)Nc3ccc(NC(=O)CCNC(=O)OC(C)(C)C)cc3)cc2nc1C.